The largest absolute Gasteiger partial charge is 0.497 e. The average molecular weight is 282 g/mol. The number of carbonyl (C=O) groups is 1. The molecule has 0 saturated carbocycles. The van der Waals surface area contributed by atoms with Gasteiger partial charge in [-0.3, -0.25) is 9.78 Å². The van der Waals surface area contributed by atoms with Crippen molar-refractivity contribution in [2.45, 2.75) is 5.92 Å². The van der Waals surface area contributed by atoms with Gasteiger partial charge in [-0.15, -0.1) is 0 Å². The highest BCUT2D eigenvalue weighted by atomic mass is 16.5. The molecule has 106 valence electrons. The van der Waals surface area contributed by atoms with Crippen LogP contribution in [0.2, 0.25) is 0 Å². The van der Waals surface area contributed by atoms with E-state index in [2.05, 4.69) is 4.98 Å². The molecule has 1 heterocycles. The SMILES string of the molecule is COc1cc(OC)cc(C(=O)C(C#N)c2ccccn2)c1. The smallest absolute Gasteiger partial charge is 0.186 e. The molecule has 2 rings (SSSR count). The van der Waals surface area contributed by atoms with E-state index in [0.717, 1.165) is 0 Å². The molecule has 0 aliphatic carbocycles. The maximum Gasteiger partial charge on any atom is 0.186 e. The van der Waals surface area contributed by atoms with Crippen LogP contribution in [0.4, 0.5) is 0 Å². The number of ether oxygens (including phenoxy) is 2. The number of ketones is 1. The van der Waals surface area contributed by atoms with E-state index in [1.54, 1.807) is 42.6 Å². The molecule has 21 heavy (non-hydrogen) atoms. The third-order valence-corrected chi connectivity index (χ3v) is 3.01. The molecule has 0 fully saturated rings. The molecule has 0 radical (unpaired) electrons. The highest BCUT2D eigenvalue weighted by molar-refractivity contribution is 6.03. The van der Waals surface area contributed by atoms with E-state index in [4.69, 9.17) is 9.47 Å². The first kappa shape index (κ1) is 14.5. The number of methoxy groups -OCH3 is 2. The molecule has 0 N–H and O–H groups in total. The monoisotopic (exact) mass is 282 g/mol. The van der Waals surface area contributed by atoms with Gasteiger partial charge >= 0.3 is 0 Å². The van der Waals surface area contributed by atoms with Crippen LogP contribution in [0.5, 0.6) is 11.5 Å². The summed E-state index contributed by atoms with van der Waals surface area (Å²) < 4.78 is 10.3. The molecule has 2 aromatic rings. The van der Waals surface area contributed by atoms with Crippen molar-refractivity contribution in [3.05, 3.63) is 53.9 Å². The zero-order valence-electron chi connectivity index (χ0n) is 11.7. The highest BCUT2D eigenvalue weighted by Gasteiger charge is 2.23. The zero-order chi connectivity index (χ0) is 15.2. The number of nitrogens with zero attached hydrogens (tertiary/aromatic N) is 2. The lowest BCUT2D eigenvalue weighted by Gasteiger charge is -2.10. The molecular formula is C16H14N2O3. The van der Waals surface area contributed by atoms with E-state index in [0.29, 0.717) is 22.8 Å². The van der Waals surface area contributed by atoms with E-state index in [1.165, 1.54) is 14.2 Å². The normalized spacial score (nSPS) is 11.3. The van der Waals surface area contributed by atoms with E-state index in [-0.39, 0.29) is 5.78 Å². The molecule has 0 saturated heterocycles. The van der Waals surface area contributed by atoms with Crippen LogP contribution in [0.15, 0.2) is 42.6 Å². The van der Waals surface area contributed by atoms with Gasteiger partial charge in [0.15, 0.2) is 11.7 Å². The zero-order valence-corrected chi connectivity index (χ0v) is 11.7. The fourth-order valence-electron chi connectivity index (χ4n) is 1.92. The van der Waals surface area contributed by atoms with Crippen LogP contribution in [0, 0.1) is 11.3 Å². The van der Waals surface area contributed by atoms with E-state index in [9.17, 15) is 10.1 Å². The Kier molecular flexibility index (Phi) is 4.52. The Balaban J connectivity index is 2.41. The van der Waals surface area contributed by atoms with Crippen molar-refractivity contribution in [1.29, 1.82) is 5.26 Å². The summed E-state index contributed by atoms with van der Waals surface area (Å²) in [6.45, 7) is 0. The summed E-state index contributed by atoms with van der Waals surface area (Å²) in [6.07, 6.45) is 1.55. The van der Waals surface area contributed by atoms with Crippen molar-refractivity contribution >= 4 is 5.78 Å². The molecule has 0 aliphatic heterocycles. The summed E-state index contributed by atoms with van der Waals surface area (Å²) in [6, 6.07) is 12.0. The maximum absolute atomic E-state index is 12.5. The van der Waals surface area contributed by atoms with Crippen molar-refractivity contribution in [3.63, 3.8) is 0 Å². The van der Waals surface area contributed by atoms with Crippen LogP contribution in [-0.4, -0.2) is 25.0 Å². The second kappa shape index (κ2) is 6.53. The summed E-state index contributed by atoms with van der Waals surface area (Å²) >= 11 is 0. The van der Waals surface area contributed by atoms with Gasteiger partial charge in [-0.2, -0.15) is 5.26 Å². The van der Waals surface area contributed by atoms with Gasteiger partial charge in [0.25, 0.3) is 0 Å². The van der Waals surface area contributed by atoms with Crippen molar-refractivity contribution in [2.24, 2.45) is 0 Å². The molecule has 1 unspecified atom stereocenters. The molecule has 0 bridgehead atoms. The number of aromatic nitrogens is 1. The number of hydrogen-bond donors (Lipinski definition) is 0. The topological polar surface area (TPSA) is 72.2 Å². The highest BCUT2D eigenvalue weighted by Crippen LogP contribution is 2.26. The quantitative estimate of drug-likeness (QED) is 0.788. The van der Waals surface area contributed by atoms with E-state index >= 15 is 0 Å². The Morgan fingerprint density at radius 1 is 1.19 bits per heavy atom. The van der Waals surface area contributed by atoms with Gasteiger partial charge in [0.05, 0.1) is 26.0 Å². The second-order valence-corrected chi connectivity index (χ2v) is 4.28. The first-order valence-corrected chi connectivity index (χ1v) is 6.27. The van der Waals surface area contributed by atoms with Crippen LogP contribution < -0.4 is 9.47 Å². The van der Waals surface area contributed by atoms with Crippen LogP contribution in [-0.2, 0) is 0 Å². The number of pyridine rings is 1. The molecular weight excluding hydrogens is 268 g/mol. The van der Waals surface area contributed by atoms with Gasteiger partial charge in [-0.05, 0) is 24.3 Å². The Morgan fingerprint density at radius 2 is 1.86 bits per heavy atom. The van der Waals surface area contributed by atoms with Crippen molar-refractivity contribution in [1.82, 2.24) is 4.98 Å². The minimum absolute atomic E-state index is 0.339. The predicted octanol–water partition coefficient (Wildman–Crippen LogP) is 2.59. The molecule has 0 amide bonds. The summed E-state index contributed by atoms with van der Waals surface area (Å²) in [5.74, 6) is -0.303. The predicted molar refractivity (Wildman–Crippen MR) is 76.5 cm³/mol. The second-order valence-electron chi connectivity index (χ2n) is 4.28. The Labute approximate surface area is 122 Å². The van der Waals surface area contributed by atoms with Crippen LogP contribution in [0.25, 0.3) is 0 Å². The van der Waals surface area contributed by atoms with Gasteiger partial charge in [-0.1, -0.05) is 6.07 Å². The van der Waals surface area contributed by atoms with Gasteiger partial charge in [0.1, 0.15) is 11.5 Å². The molecule has 5 nitrogen and oxygen atoms in total. The van der Waals surface area contributed by atoms with Crippen molar-refractivity contribution in [3.8, 4) is 17.6 Å². The van der Waals surface area contributed by atoms with Crippen LogP contribution in [0.3, 0.4) is 0 Å². The summed E-state index contributed by atoms with van der Waals surface area (Å²) in [5.41, 5.74) is 0.773. The summed E-state index contributed by atoms with van der Waals surface area (Å²) in [7, 11) is 3.01. The van der Waals surface area contributed by atoms with Gasteiger partial charge in [0, 0.05) is 17.8 Å². The van der Waals surface area contributed by atoms with Crippen molar-refractivity contribution in [2.75, 3.05) is 14.2 Å². The van der Waals surface area contributed by atoms with Crippen LogP contribution in [0.1, 0.15) is 22.0 Å². The lowest BCUT2D eigenvalue weighted by molar-refractivity contribution is 0.0977. The number of nitriles is 1. The number of rotatable bonds is 5. The number of hydrogen-bond acceptors (Lipinski definition) is 5. The Morgan fingerprint density at radius 3 is 2.33 bits per heavy atom. The Bertz CT molecular complexity index is 655. The molecule has 1 atom stereocenters. The molecule has 0 aliphatic rings. The van der Waals surface area contributed by atoms with Crippen molar-refractivity contribution < 1.29 is 14.3 Å². The van der Waals surface area contributed by atoms with Crippen LogP contribution >= 0.6 is 0 Å². The molecule has 1 aromatic carbocycles. The number of Topliss-reactive ketones (excluding diaryl/α,β-unsaturated/α-hetero) is 1. The third kappa shape index (κ3) is 3.18. The molecule has 0 spiro atoms. The lowest BCUT2D eigenvalue weighted by atomic mass is 9.95. The fraction of sp³-hybridized carbons (Fsp3) is 0.188. The fourth-order valence-corrected chi connectivity index (χ4v) is 1.92. The van der Waals surface area contributed by atoms with Gasteiger partial charge in [0.2, 0.25) is 0 Å². The van der Waals surface area contributed by atoms with E-state index in [1.807, 2.05) is 6.07 Å². The average Bonchev–Trinajstić information content (AvgIpc) is 2.55. The maximum atomic E-state index is 12.5. The molecule has 1 aromatic heterocycles. The lowest BCUT2D eigenvalue weighted by Crippen LogP contribution is -2.13. The minimum atomic E-state index is -0.956. The molecule has 5 heteroatoms. The third-order valence-electron chi connectivity index (χ3n) is 3.01. The van der Waals surface area contributed by atoms with Gasteiger partial charge < -0.3 is 9.47 Å². The van der Waals surface area contributed by atoms with Gasteiger partial charge in [-0.25, -0.2) is 0 Å². The minimum Gasteiger partial charge on any atom is -0.497 e. The number of benzene rings is 1. The number of carbonyl (C=O) groups excluding carboxylic acids is 1. The first-order valence-electron chi connectivity index (χ1n) is 6.27. The standard InChI is InChI=1S/C16H14N2O3/c1-20-12-7-11(8-13(9-12)21-2)16(19)14(10-17)15-5-3-4-6-18-15/h3-9,14H,1-2H3. The first-order chi connectivity index (χ1) is 10.2. The summed E-state index contributed by atoms with van der Waals surface area (Å²) in [4.78, 5) is 16.6. The Hall–Kier alpha value is -2.87. The van der Waals surface area contributed by atoms with E-state index < -0.39 is 5.92 Å². The summed E-state index contributed by atoms with van der Waals surface area (Å²) in [5, 5.41) is 9.29.